The van der Waals surface area contributed by atoms with E-state index in [9.17, 15) is 0 Å². The molecule has 0 saturated heterocycles. The summed E-state index contributed by atoms with van der Waals surface area (Å²) < 4.78 is 0. The van der Waals surface area contributed by atoms with Crippen LogP contribution >= 0.6 is 0 Å². The molecule has 0 aliphatic rings. The second-order valence-corrected chi connectivity index (χ2v) is 7.02. The van der Waals surface area contributed by atoms with Crippen molar-refractivity contribution >= 4 is 0 Å². The van der Waals surface area contributed by atoms with Crippen LogP contribution in [0.2, 0.25) is 0 Å². The van der Waals surface area contributed by atoms with Crippen molar-refractivity contribution in [1.82, 2.24) is 15.0 Å². The molecule has 0 unspecified atom stereocenters. The van der Waals surface area contributed by atoms with Crippen LogP contribution in [0.1, 0.15) is 115 Å². The Kier molecular flexibility index (Phi) is 12.6. The van der Waals surface area contributed by atoms with Crippen LogP contribution in [0.15, 0.2) is 0 Å². The van der Waals surface area contributed by atoms with Crippen LogP contribution in [0.5, 0.6) is 0 Å². The van der Waals surface area contributed by atoms with Crippen LogP contribution in [-0.4, -0.2) is 15.0 Å². The highest BCUT2D eigenvalue weighted by Crippen LogP contribution is 2.10. The summed E-state index contributed by atoms with van der Waals surface area (Å²) in [6, 6.07) is 0. The van der Waals surface area contributed by atoms with Gasteiger partial charge in [-0.1, -0.05) is 78.6 Å². The Balaban J connectivity index is 2.52. The lowest BCUT2D eigenvalue weighted by atomic mass is 10.1. The molecule has 0 fully saturated rings. The van der Waals surface area contributed by atoms with E-state index in [-0.39, 0.29) is 0 Å². The smallest absolute Gasteiger partial charge is 0.132 e. The highest BCUT2D eigenvalue weighted by molar-refractivity contribution is 4.98. The first kappa shape index (κ1) is 21.1. The summed E-state index contributed by atoms with van der Waals surface area (Å²) in [6.45, 7) is 6.75. The van der Waals surface area contributed by atoms with Crippen molar-refractivity contribution in [3.8, 4) is 0 Å². The van der Waals surface area contributed by atoms with Crippen molar-refractivity contribution in [2.75, 3.05) is 0 Å². The van der Waals surface area contributed by atoms with Crippen LogP contribution in [-0.2, 0) is 19.3 Å². The van der Waals surface area contributed by atoms with Gasteiger partial charge in [-0.2, -0.15) is 0 Å². The zero-order valence-corrected chi connectivity index (χ0v) is 16.4. The standard InChI is InChI=1S/C21H39N3/c1-4-7-10-12-14-17-20-22-19(16-9-6-3)23-21(24-20)18-15-13-11-8-5-2/h4-18H2,1-3H3. The number of hydrogen-bond donors (Lipinski definition) is 0. The molecule has 3 nitrogen and oxygen atoms in total. The first-order valence-corrected chi connectivity index (χ1v) is 10.5. The Hall–Kier alpha value is -0.990. The number of nitrogens with zero attached hydrogens (tertiary/aromatic N) is 3. The van der Waals surface area contributed by atoms with Gasteiger partial charge in [0.25, 0.3) is 0 Å². The lowest BCUT2D eigenvalue weighted by Crippen LogP contribution is -2.08. The van der Waals surface area contributed by atoms with Crippen LogP contribution in [0, 0.1) is 0 Å². The minimum Gasteiger partial charge on any atom is -0.218 e. The minimum atomic E-state index is 1.00. The molecule has 0 aliphatic heterocycles. The van der Waals surface area contributed by atoms with Crippen molar-refractivity contribution in [3.05, 3.63) is 17.5 Å². The van der Waals surface area contributed by atoms with Crippen LogP contribution < -0.4 is 0 Å². The highest BCUT2D eigenvalue weighted by Gasteiger charge is 2.07. The number of rotatable bonds is 15. The predicted molar refractivity (Wildman–Crippen MR) is 103 cm³/mol. The molecule has 0 aliphatic carbocycles. The third-order valence-electron chi connectivity index (χ3n) is 4.54. The van der Waals surface area contributed by atoms with Gasteiger partial charge in [0.2, 0.25) is 0 Å². The average Bonchev–Trinajstić information content (AvgIpc) is 2.59. The molecule has 1 aromatic rings. The molecule has 0 bridgehead atoms. The molecule has 3 heteroatoms. The first-order chi connectivity index (χ1) is 11.8. The monoisotopic (exact) mass is 333 g/mol. The topological polar surface area (TPSA) is 38.7 Å². The molecule has 0 N–H and O–H groups in total. The van der Waals surface area contributed by atoms with E-state index in [0.29, 0.717) is 0 Å². The Bertz CT molecular complexity index is 385. The summed E-state index contributed by atoms with van der Waals surface area (Å²) in [4.78, 5) is 14.2. The van der Waals surface area contributed by atoms with Gasteiger partial charge in [0.1, 0.15) is 17.5 Å². The maximum Gasteiger partial charge on any atom is 0.132 e. The fraction of sp³-hybridized carbons (Fsp3) is 0.857. The Morgan fingerprint density at radius 3 is 1.12 bits per heavy atom. The normalized spacial score (nSPS) is 11.1. The summed E-state index contributed by atoms with van der Waals surface area (Å²) in [5.74, 6) is 3.10. The molecular formula is C21H39N3. The molecule has 138 valence electrons. The van der Waals surface area contributed by atoms with Crippen molar-refractivity contribution in [2.45, 2.75) is 117 Å². The molecule has 1 heterocycles. The molecule has 0 radical (unpaired) electrons. The van der Waals surface area contributed by atoms with Gasteiger partial charge in [-0.25, -0.2) is 15.0 Å². The quantitative estimate of drug-likeness (QED) is 0.357. The van der Waals surface area contributed by atoms with E-state index in [2.05, 4.69) is 20.8 Å². The van der Waals surface area contributed by atoms with Gasteiger partial charge in [0.05, 0.1) is 0 Å². The average molecular weight is 334 g/mol. The molecule has 1 rings (SSSR count). The van der Waals surface area contributed by atoms with Crippen LogP contribution in [0.4, 0.5) is 0 Å². The Labute approximate surface area is 150 Å². The van der Waals surface area contributed by atoms with E-state index < -0.39 is 0 Å². The Morgan fingerprint density at radius 2 is 0.750 bits per heavy atom. The van der Waals surface area contributed by atoms with Gasteiger partial charge >= 0.3 is 0 Å². The van der Waals surface area contributed by atoms with E-state index in [1.165, 1.54) is 77.0 Å². The van der Waals surface area contributed by atoms with Gasteiger partial charge < -0.3 is 0 Å². The number of aryl methyl sites for hydroxylation is 3. The van der Waals surface area contributed by atoms with Gasteiger partial charge in [-0.3, -0.25) is 0 Å². The lowest BCUT2D eigenvalue weighted by molar-refractivity contribution is 0.598. The minimum absolute atomic E-state index is 1.00. The van der Waals surface area contributed by atoms with E-state index in [4.69, 9.17) is 15.0 Å². The molecule has 1 aromatic heterocycles. The fourth-order valence-corrected chi connectivity index (χ4v) is 2.97. The summed E-state index contributed by atoms with van der Waals surface area (Å²) in [7, 11) is 0. The van der Waals surface area contributed by atoms with Crippen molar-refractivity contribution in [2.24, 2.45) is 0 Å². The Morgan fingerprint density at radius 1 is 0.417 bits per heavy atom. The largest absolute Gasteiger partial charge is 0.218 e. The van der Waals surface area contributed by atoms with Crippen LogP contribution in [0.25, 0.3) is 0 Å². The van der Waals surface area contributed by atoms with Crippen molar-refractivity contribution in [1.29, 1.82) is 0 Å². The third kappa shape index (κ3) is 10.00. The summed E-state index contributed by atoms with van der Waals surface area (Å²) in [6.07, 6.45) is 18.4. The molecule has 24 heavy (non-hydrogen) atoms. The zero-order chi connectivity index (χ0) is 17.5. The maximum absolute atomic E-state index is 4.75. The number of aromatic nitrogens is 3. The van der Waals surface area contributed by atoms with Crippen LogP contribution in [0.3, 0.4) is 0 Å². The first-order valence-electron chi connectivity index (χ1n) is 10.5. The maximum atomic E-state index is 4.75. The lowest BCUT2D eigenvalue weighted by Gasteiger charge is -2.07. The third-order valence-corrected chi connectivity index (χ3v) is 4.54. The summed E-state index contributed by atoms with van der Waals surface area (Å²) in [5, 5.41) is 0. The van der Waals surface area contributed by atoms with Crippen molar-refractivity contribution < 1.29 is 0 Å². The molecule has 0 atom stereocenters. The fourth-order valence-electron chi connectivity index (χ4n) is 2.97. The highest BCUT2D eigenvalue weighted by atomic mass is 15.0. The zero-order valence-electron chi connectivity index (χ0n) is 16.4. The van der Waals surface area contributed by atoms with E-state index >= 15 is 0 Å². The number of unbranched alkanes of at least 4 members (excludes halogenated alkanes) is 9. The molecule has 0 amide bonds. The molecule has 0 aromatic carbocycles. The van der Waals surface area contributed by atoms with E-state index in [0.717, 1.165) is 36.7 Å². The van der Waals surface area contributed by atoms with Crippen molar-refractivity contribution in [3.63, 3.8) is 0 Å². The van der Waals surface area contributed by atoms with Gasteiger partial charge in [0.15, 0.2) is 0 Å². The van der Waals surface area contributed by atoms with E-state index in [1.807, 2.05) is 0 Å². The van der Waals surface area contributed by atoms with Gasteiger partial charge in [-0.05, 0) is 19.3 Å². The molecular weight excluding hydrogens is 294 g/mol. The van der Waals surface area contributed by atoms with Gasteiger partial charge in [0, 0.05) is 19.3 Å². The summed E-state index contributed by atoms with van der Waals surface area (Å²) >= 11 is 0. The van der Waals surface area contributed by atoms with Gasteiger partial charge in [-0.15, -0.1) is 0 Å². The second kappa shape index (κ2) is 14.4. The molecule has 0 saturated carbocycles. The number of hydrogen-bond acceptors (Lipinski definition) is 3. The van der Waals surface area contributed by atoms with E-state index in [1.54, 1.807) is 0 Å². The second-order valence-electron chi connectivity index (χ2n) is 7.02. The molecule has 0 spiro atoms. The predicted octanol–water partition coefficient (Wildman–Crippen LogP) is 6.24. The SMILES string of the molecule is CCCCCCCc1nc(CCCC)nc(CCCCCCC)n1. The summed E-state index contributed by atoms with van der Waals surface area (Å²) in [5.41, 5.74) is 0.